The molecule has 0 saturated carbocycles. The molecule has 0 radical (unpaired) electrons. The third kappa shape index (κ3) is 6.02. The third-order valence-corrected chi connectivity index (χ3v) is 6.44. The summed E-state index contributed by atoms with van der Waals surface area (Å²) in [5, 5.41) is 3.43. The highest BCUT2D eigenvalue weighted by Crippen LogP contribution is 2.27. The summed E-state index contributed by atoms with van der Waals surface area (Å²) in [7, 11) is -3.76. The number of halogens is 1. The van der Waals surface area contributed by atoms with Crippen LogP contribution in [0.3, 0.4) is 0 Å². The zero-order valence-corrected chi connectivity index (χ0v) is 19.6. The van der Waals surface area contributed by atoms with E-state index in [2.05, 4.69) is 23.9 Å². The van der Waals surface area contributed by atoms with E-state index in [0.29, 0.717) is 16.5 Å². The van der Waals surface area contributed by atoms with Crippen LogP contribution < -0.4 is 14.8 Å². The molecule has 0 atom stereocenters. The molecule has 32 heavy (non-hydrogen) atoms. The van der Waals surface area contributed by atoms with E-state index >= 15 is 0 Å². The monoisotopic (exact) mass is 472 g/mol. The Morgan fingerprint density at radius 3 is 2.28 bits per heavy atom. The van der Waals surface area contributed by atoms with E-state index in [4.69, 9.17) is 16.3 Å². The van der Waals surface area contributed by atoms with Crippen LogP contribution in [0.25, 0.3) is 0 Å². The number of carbonyl (C=O) groups is 1. The van der Waals surface area contributed by atoms with E-state index in [1.807, 2.05) is 25.1 Å². The molecule has 0 bridgehead atoms. The summed E-state index contributed by atoms with van der Waals surface area (Å²) < 4.78 is 33.1. The largest absolute Gasteiger partial charge is 0.484 e. The standard InChI is InChI=1S/C24H25ClN2O4S/c1-16(2)22-6-4-5-17(3)24(22)26-23(28)15-31-20-11-13-21(14-12-20)32(29,30)27-19-9-7-18(25)8-10-19/h4-14,16,27H,15H2,1-3H3,(H,26,28). The molecule has 0 saturated heterocycles. The molecule has 6 nitrogen and oxygen atoms in total. The number of hydrogen-bond acceptors (Lipinski definition) is 4. The second kappa shape index (κ2) is 10.1. The molecule has 1 amide bonds. The average molecular weight is 473 g/mol. The van der Waals surface area contributed by atoms with Gasteiger partial charge in [-0.05, 0) is 72.5 Å². The van der Waals surface area contributed by atoms with E-state index in [0.717, 1.165) is 16.8 Å². The van der Waals surface area contributed by atoms with Crippen molar-refractivity contribution in [1.82, 2.24) is 0 Å². The molecule has 0 fully saturated rings. The quantitative estimate of drug-likeness (QED) is 0.447. The van der Waals surface area contributed by atoms with Crippen LogP contribution in [0.15, 0.2) is 71.6 Å². The van der Waals surface area contributed by atoms with Crippen LogP contribution in [-0.4, -0.2) is 20.9 Å². The topological polar surface area (TPSA) is 84.5 Å². The summed E-state index contributed by atoms with van der Waals surface area (Å²) in [6.07, 6.45) is 0. The van der Waals surface area contributed by atoms with Crippen molar-refractivity contribution in [3.05, 3.63) is 82.9 Å². The zero-order valence-electron chi connectivity index (χ0n) is 18.1. The van der Waals surface area contributed by atoms with Gasteiger partial charge in [-0.3, -0.25) is 9.52 Å². The van der Waals surface area contributed by atoms with Crippen molar-refractivity contribution in [2.24, 2.45) is 0 Å². The molecule has 3 aromatic rings. The summed E-state index contributed by atoms with van der Waals surface area (Å²) >= 11 is 5.82. The molecule has 0 spiro atoms. The Bertz CT molecular complexity index is 1190. The van der Waals surface area contributed by atoms with E-state index in [9.17, 15) is 13.2 Å². The summed E-state index contributed by atoms with van der Waals surface area (Å²) in [5.41, 5.74) is 3.24. The van der Waals surface area contributed by atoms with E-state index in [1.165, 1.54) is 24.3 Å². The van der Waals surface area contributed by atoms with E-state index < -0.39 is 10.0 Å². The molecular weight excluding hydrogens is 448 g/mol. The van der Waals surface area contributed by atoms with Gasteiger partial charge in [0, 0.05) is 16.4 Å². The van der Waals surface area contributed by atoms with Crippen molar-refractivity contribution in [3.63, 3.8) is 0 Å². The summed E-state index contributed by atoms with van der Waals surface area (Å²) in [4.78, 5) is 12.5. The number of hydrogen-bond donors (Lipinski definition) is 2. The van der Waals surface area contributed by atoms with Gasteiger partial charge in [-0.15, -0.1) is 0 Å². The maximum absolute atomic E-state index is 12.5. The number of benzene rings is 3. The van der Waals surface area contributed by atoms with Crippen LogP contribution in [0.4, 0.5) is 11.4 Å². The third-order valence-electron chi connectivity index (χ3n) is 4.79. The second-order valence-corrected chi connectivity index (χ2v) is 9.73. The fraction of sp³-hybridized carbons (Fsp3) is 0.208. The van der Waals surface area contributed by atoms with Gasteiger partial charge in [-0.1, -0.05) is 43.6 Å². The molecule has 3 rings (SSSR count). The Balaban J connectivity index is 1.61. The van der Waals surface area contributed by atoms with Gasteiger partial charge in [-0.25, -0.2) is 8.42 Å². The first-order valence-electron chi connectivity index (χ1n) is 10.1. The van der Waals surface area contributed by atoms with Crippen LogP contribution in [0, 0.1) is 6.92 Å². The van der Waals surface area contributed by atoms with Crippen molar-refractivity contribution in [1.29, 1.82) is 0 Å². The van der Waals surface area contributed by atoms with Gasteiger partial charge in [0.1, 0.15) is 5.75 Å². The Hall–Kier alpha value is -3.03. The molecule has 168 valence electrons. The highest BCUT2D eigenvalue weighted by Gasteiger charge is 2.15. The van der Waals surface area contributed by atoms with Gasteiger partial charge in [0.05, 0.1) is 4.90 Å². The SMILES string of the molecule is Cc1cccc(C(C)C)c1NC(=O)COc1ccc(S(=O)(=O)Nc2ccc(Cl)cc2)cc1. The highest BCUT2D eigenvalue weighted by molar-refractivity contribution is 7.92. The number of carbonyl (C=O) groups excluding carboxylic acids is 1. The number of nitrogens with one attached hydrogen (secondary N) is 2. The lowest BCUT2D eigenvalue weighted by Crippen LogP contribution is -2.21. The molecule has 0 aliphatic carbocycles. The van der Waals surface area contributed by atoms with Gasteiger partial charge in [-0.2, -0.15) is 0 Å². The zero-order chi connectivity index (χ0) is 23.3. The summed E-state index contributed by atoms with van der Waals surface area (Å²) in [6, 6.07) is 18.1. The lowest BCUT2D eigenvalue weighted by Gasteiger charge is -2.16. The average Bonchev–Trinajstić information content (AvgIpc) is 2.75. The van der Waals surface area contributed by atoms with Gasteiger partial charge >= 0.3 is 0 Å². The molecule has 0 aromatic heterocycles. The van der Waals surface area contributed by atoms with Crippen molar-refractivity contribution < 1.29 is 17.9 Å². The number of para-hydroxylation sites is 1. The molecule has 8 heteroatoms. The number of aryl methyl sites for hydroxylation is 1. The Kier molecular flexibility index (Phi) is 7.43. The smallest absolute Gasteiger partial charge is 0.262 e. The van der Waals surface area contributed by atoms with Crippen molar-refractivity contribution in [2.45, 2.75) is 31.6 Å². The highest BCUT2D eigenvalue weighted by atomic mass is 35.5. The minimum atomic E-state index is -3.76. The predicted octanol–water partition coefficient (Wildman–Crippen LogP) is 5.59. The lowest BCUT2D eigenvalue weighted by atomic mass is 9.98. The number of ether oxygens (including phenoxy) is 1. The summed E-state index contributed by atoms with van der Waals surface area (Å²) in [5.74, 6) is 0.365. The van der Waals surface area contributed by atoms with Crippen LogP contribution >= 0.6 is 11.6 Å². The fourth-order valence-electron chi connectivity index (χ4n) is 3.11. The molecule has 0 aliphatic rings. The first-order chi connectivity index (χ1) is 15.2. The Morgan fingerprint density at radius 1 is 1.00 bits per heavy atom. The summed E-state index contributed by atoms with van der Waals surface area (Å²) in [6.45, 7) is 5.89. The number of amides is 1. The fourth-order valence-corrected chi connectivity index (χ4v) is 4.30. The van der Waals surface area contributed by atoms with Gasteiger partial charge in [0.25, 0.3) is 15.9 Å². The molecule has 2 N–H and O–H groups in total. The number of rotatable bonds is 8. The second-order valence-electron chi connectivity index (χ2n) is 7.61. The lowest BCUT2D eigenvalue weighted by molar-refractivity contribution is -0.118. The van der Waals surface area contributed by atoms with Crippen LogP contribution in [0.2, 0.25) is 5.02 Å². The molecule has 0 unspecified atom stereocenters. The van der Waals surface area contributed by atoms with Gasteiger partial charge in [0.15, 0.2) is 6.61 Å². The first kappa shape index (κ1) is 23.6. The maximum atomic E-state index is 12.5. The molecular formula is C24H25ClN2O4S. The molecule has 0 aliphatic heterocycles. The van der Waals surface area contributed by atoms with Crippen LogP contribution in [0.5, 0.6) is 5.75 Å². The van der Waals surface area contributed by atoms with Crippen LogP contribution in [0.1, 0.15) is 30.9 Å². The number of anilines is 2. The van der Waals surface area contributed by atoms with E-state index in [1.54, 1.807) is 24.3 Å². The van der Waals surface area contributed by atoms with Crippen molar-refractivity contribution in [2.75, 3.05) is 16.6 Å². The number of sulfonamides is 1. The van der Waals surface area contributed by atoms with Crippen LogP contribution in [-0.2, 0) is 14.8 Å². The maximum Gasteiger partial charge on any atom is 0.262 e. The Labute approximate surface area is 193 Å². The minimum Gasteiger partial charge on any atom is -0.484 e. The van der Waals surface area contributed by atoms with Crippen molar-refractivity contribution in [3.8, 4) is 5.75 Å². The van der Waals surface area contributed by atoms with Gasteiger partial charge < -0.3 is 10.1 Å². The molecule has 0 heterocycles. The minimum absolute atomic E-state index is 0.0748. The van der Waals surface area contributed by atoms with Crippen molar-refractivity contribution >= 4 is 38.9 Å². The predicted molar refractivity (Wildman–Crippen MR) is 128 cm³/mol. The first-order valence-corrected chi connectivity index (χ1v) is 11.9. The normalized spacial score (nSPS) is 11.3. The Morgan fingerprint density at radius 2 is 1.66 bits per heavy atom. The van der Waals surface area contributed by atoms with E-state index in [-0.39, 0.29) is 23.3 Å². The molecule has 3 aromatic carbocycles. The van der Waals surface area contributed by atoms with Gasteiger partial charge in [0.2, 0.25) is 0 Å².